The highest BCUT2D eigenvalue weighted by atomic mass is 19.1. The molecule has 4 aliphatic rings. The van der Waals surface area contributed by atoms with Crippen molar-refractivity contribution in [1.82, 2.24) is 4.98 Å². The predicted molar refractivity (Wildman–Crippen MR) is 106 cm³/mol. The van der Waals surface area contributed by atoms with Gasteiger partial charge in [-0.2, -0.15) is 0 Å². The Balaban J connectivity index is 1.50. The molecule has 3 saturated carbocycles. The molecule has 4 heteroatoms. The van der Waals surface area contributed by atoms with Gasteiger partial charge in [-0.3, -0.25) is 9.78 Å². The van der Waals surface area contributed by atoms with Crippen molar-refractivity contribution in [3.8, 4) is 0 Å². The molecular formula is C24H30FNO2. The van der Waals surface area contributed by atoms with Crippen molar-refractivity contribution >= 4 is 11.4 Å². The highest BCUT2D eigenvalue weighted by Crippen LogP contribution is 2.68. The predicted octanol–water partition coefficient (Wildman–Crippen LogP) is 4.75. The number of hydrogen-bond donors (Lipinski definition) is 1. The van der Waals surface area contributed by atoms with Gasteiger partial charge in [0.2, 0.25) is 0 Å². The highest BCUT2D eigenvalue weighted by Gasteiger charge is 2.67. The average molecular weight is 384 g/mol. The number of halogens is 1. The minimum atomic E-state index is -1.48. The molecule has 3 nitrogen and oxygen atoms in total. The second-order valence-corrected chi connectivity index (χ2v) is 10.2. The van der Waals surface area contributed by atoms with E-state index in [9.17, 15) is 9.90 Å². The van der Waals surface area contributed by atoms with Crippen LogP contribution in [0.25, 0.3) is 5.57 Å². The van der Waals surface area contributed by atoms with Crippen LogP contribution in [-0.4, -0.2) is 27.6 Å². The molecule has 7 atom stereocenters. The number of alkyl halides is 1. The van der Waals surface area contributed by atoms with Crippen molar-refractivity contribution in [3.05, 3.63) is 36.2 Å². The van der Waals surface area contributed by atoms with Crippen LogP contribution in [0, 0.1) is 28.6 Å². The fraction of sp³-hybridized carbons (Fsp3) is 0.667. The minimum absolute atomic E-state index is 0.00495. The molecule has 0 radical (unpaired) electrons. The van der Waals surface area contributed by atoms with E-state index in [0.717, 1.165) is 19.3 Å². The summed E-state index contributed by atoms with van der Waals surface area (Å²) in [6, 6.07) is 4.11. The van der Waals surface area contributed by atoms with E-state index in [-0.39, 0.29) is 29.5 Å². The molecule has 0 amide bonds. The van der Waals surface area contributed by atoms with Crippen molar-refractivity contribution in [2.45, 2.75) is 70.6 Å². The number of ketones is 1. The van der Waals surface area contributed by atoms with Crippen LogP contribution in [-0.2, 0) is 4.79 Å². The number of hydrogen-bond acceptors (Lipinski definition) is 3. The van der Waals surface area contributed by atoms with E-state index in [4.69, 9.17) is 0 Å². The molecular weight excluding hydrogens is 353 g/mol. The van der Waals surface area contributed by atoms with E-state index in [1.54, 1.807) is 6.20 Å². The van der Waals surface area contributed by atoms with Gasteiger partial charge in [0.15, 0.2) is 0 Å². The molecule has 150 valence electrons. The molecule has 28 heavy (non-hydrogen) atoms. The molecule has 5 rings (SSSR count). The Morgan fingerprint density at radius 1 is 1.25 bits per heavy atom. The molecule has 0 spiro atoms. The summed E-state index contributed by atoms with van der Waals surface area (Å²) < 4.78 is 15.5. The Hall–Kier alpha value is -1.55. The first kappa shape index (κ1) is 18.5. The first-order chi connectivity index (χ1) is 13.3. The Bertz CT molecular complexity index is 838. The molecule has 1 aromatic heterocycles. The second kappa shape index (κ2) is 5.98. The van der Waals surface area contributed by atoms with Crippen LogP contribution in [0.4, 0.5) is 4.39 Å². The maximum Gasteiger partial charge on any atom is 0.135 e. The van der Waals surface area contributed by atoms with Crippen LogP contribution in [0.1, 0.15) is 64.4 Å². The normalized spacial score (nSPS) is 47.7. The van der Waals surface area contributed by atoms with Crippen LogP contribution in [0.5, 0.6) is 0 Å². The number of pyridine rings is 1. The first-order valence-corrected chi connectivity index (χ1v) is 10.8. The lowest BCUT2D eigenvalue weighted by Crippen LogP contribution is -2.67. The number of fused-ring (bicyclic) bond motifs is 5. The maximum atomic E-state index is 15.5. The number of carbonyl (C=O) groups is 1. The zero-order valence-electron chi connectivity index (χ0n) is 16.8. The fourth-order valence-corrected chi connectivity index (χ4v) is 7.56. The third-order valence-electron chi connectivity index (χ3n) is 9.18. The summed E-state index contributed by atoms with van der Waals surface area (Å²) in [4.78, 5) is 16.4. The number of aromatic nitrogens is 1. The van der Waals surface area contributed by atoms with Crippen molar-refractivity contribution in [1.29, 1.82) is 0 Å². The number of rotatable bonds is 1. The van der Waals surface area contributed by atoms with Gasteiger partial charge in [0, 0.05) is 30.7 Å². The molecule has 1 heterocycles. The number of nitrogens with zero attached hydrogens (tertiary/aromatic N) is 1. The van der Waals surface area contributed by atoms with Crippen LogP contribution in [0.3, 0.4) is 0 Å². The number of aliphatic hydroxyl groups is 1. The Labute approximate surface area is 166 Å². The van der Waals surface area contributed by atoms with Crippen molar-refractivity contribution in [3.63, 3.8) is 0 Å². The van der Waals surface area contributed by atoms with Gasteiger partial charge in [-0.05, 0) is 72.5 Å². The number of allylic oxidation sites excluding steroid dienone is 2. The van der Waals surface area contributed by atoms with Crippen LogP contribution in [0.15, 0.2) is 30.6 Å². The lowest BCUT2D eigenvalue weighted by molar-refractivity contribution is -0.229. The fourth-order valence-electron chi connectivity index (χ4n) is 7.56. The molecule has 0 aliphatic heterocycles. The van der Waals surface area contributed by atoms with Gasteiger partial charge in [0.1, 0.15) is 17.6 Å². The van der Waals surface area contributed by atoms with E-state index in [1.807, 2.05) is 12.3 Å². The minimum Gasteiger partial charge on any atom is -0.386 e. The lowest BCUT2D eigenvalue weighted by atomic mass is 9.43. The average Bonchev–Trinajstić information content (AvgIpc) is 3.03. The second-order valence-electron chi connectivity index (χ2n) is 10.2. The molecule has 7 unspecified atom stereocenters. The van der Waals surface area contributed by atoms with Crippen molar-refractivity contribution in [2.24, 2.45) is 28.6 Å². The summed E-state index contributed by atoms with van der Waals surface area (Å²) in [5, 5.41) is 11.3. The van der Waals surface area contributed by atoms with Gasteiger partial charge < -0.3 is 5.11 Å². The van der Waals surface area contributed by atoms with Gasteiger partial charge in [0.25, 0.3) is 0 Å². The van der Waals surface area contributed by atoms with Crippen LogP contribution in [0.2, 0.25) is 0 Å². The lowest BCUT2D eigenvalue weighted by Gasteiger charge is -2.63. The monoisotopic (exact) mass is 383 g/mol. The molecule has 1 N–H and O–H groups in total. The third kappa shape index (κ3) is 2.24. The standard InChI is InChI=1S/C24H30FNO2/c1-22-9-8-20-17(19(22)6-5-18(22)15-4-3-11-26-14-15)12-21(25)24(28)13-16(27)7-10-23(20,24)2/h3-5,11,14,17,19-21,28H,6-10,12-13H2,1-2H3. The first-order valence-electron chi connectivity index (χ1n) is 10.8. The maximum absolute atomic E-state index is 15.5. The van der Waals surface area contributed by atoms with Gasteiger partial charge >= 0.3 is 0 Å². The SMILES string of the molecule is CC12CCC3C(CC(F)C4(O)CC(=O)CCC34C)C1CC=C2c1cccnc1. The summed E-state index contributed by atoms with van der Waals surface area (Å²) in [5.41, 5.74) is 0.617. The van der Waals surface area contributed by atoms with Crippen LogP contribution >= 0.6 is 0 Å². The molecule has 1 aromatic rings. The largest absolute Gasteiger partial charge is 0.386 e. The summed E-state index contributed by atoms with van der Waals surface area (Å²) in [7, 11) is 0. The molecule has 4 aliphatic carbocycles. The quantitative estimate of drug-likeness (QED) is 0.761. The van der Waals surface area contributed by atoms with E-state index in [2.05, 4.69) is 31.0 Å². The van der Waals surface area contributed by atoms with E-state index in [0.29, 0.717) is 25.2 Å². The van der Waals surface area contributed by atoms with Gasteiger partial charge in [0.05, 0.1) is 0 Å². The Morgan fingerprint density at radius 3 is 2.82 bits per heavy atom. The van der Waals surface area contributed by atoms with Gasteiger partial charge in [-0.15, -0.1) is 0 Å². The van der Waals surface area contributed by atoms with Crippen molar-refractivity contribution < 1.29 is 14.3 Å². The summed E-state index contributed by atoms with van der Waals surface area (Å²) in [6.07, 6.45) is 9.29. The Morgan fingerprint density at radius 2 is 2.07 bits per heavy atom. The van der Waals surface area contributed by atoms with Crippen LogP contribution < -0.4 is 0 Å². The zero-order valence-corrected chi connectivity index (χ0v) is 16.8. The van der Waals surface area contributed by atoms with Crippen molar-refractivity contribution in [2.75, 3.05) is 0 Å². The molecule has 0 bridgehead atoms. The summed E-state index contributed by atoms with van der Waals surface area (Å²) >= 11 is 0. The van der Waals surface area contributed by atoms with Gasteiger partial charge in [-0.1, -0.05) is 26.0 Å². The smallest absolute Gasteiger partial charge is 0.135 e. The number of Topliss-reactive ketones (excluding diaryl/α,β-unsaturated/α-hetero) is 1. The zero-order chi connectivity index (χ0) is 19.7. The third-order valence-corrected chi connectivity index (χ3v) is 9.18. The molecule has 0 saturated heterocycles. The van der Waals surface area contributed by atoms with Gasteiger partial charge in [-0.25, -0.2) is 4.39 Å². The highest BCUT2D eigenvalue weighted by molar-refractivity contribution is 5.81. The van der Waals surface area contributed by atoms with E-state index < -0.39 is 17.2 Å². The summed E-state index contributed by atoms with van der Waals surface area (Å²) in [6.45, 7) is 4.41. The van der Waals surface area contributed by atoms with E-state index >= 15 is 4.39 Å². The van der Waals surface area contributed by atoms with E-state index in [1.165, 1.54) is 11.1 Å². The molecule has 3 fully saturated rings. The Kier molecular flexibility index (Phi) is 3.94. The number of carbonyl (C=O) groups excluding carboxylic acids is 1. The molecule has 0 aromatic carbocycles. The summed E-state index contributed by atoms with van der Waals surface area (Å²) in [5.74, 6) is 0.969. The topological polar surface area (TPSA) is 50.2 Å².